The highest BCUT2D eigenvalue weighted by Crippen LogP contribution is 2.39. The molecular weight excluding hydrogens is 386 g/mol. The molecule has 5 aromatic rings. The molecule has 0 saturated carbocycles. The molecule has 146 valence electrons. The zero-order valence-corrected chi connectivity index (χ0v) is 17.6. The fourth-order valence-electron chi connectivity index (χ4n) is 4.52. The Morgan fingerprint density at radius 1 is 0.933 bits per heavy atom. The van der Waals surface area contributed by atoms with Gasteiger partial charge in [-0.1, -0.05) is 48.5 Å². The second kappa shape index (κ2) is 7.01. The molecular formula is C26H21N3S. The van der Waals surface area contributed by atoms with Crippen LogP contribution >= 0.6 is 11.3 Å². The van der Waals surface area contributed by atoms with Gasteiger partial charge in [-0.05, 0) is 47.8 Å². The molecule has 1 atom stereocenters. The van der Waals surface area contributed by atoms with Crippen molar-refractivity contribution in [2.24, 2.45) is 0 Å². The minimum absolute atomic E-state index is 0.405. The van der Waals surface area contributed by atoms with Crippen LogP contribution in [0.1, 0.15) is 21.9 Å². The van der Waals surface area contributed by atoms with Crippen molar-refractivity contribution in [1.29, 1.82) is 0 Å². The summed E-state index contributed by atoms with van der Waals surface area (Å²) in [6.07, 6.45) is 1.92. The number of nitrogens with zero attached hydrogens (tertiary/aromatic N) is 3. The van der Waals surface area contributed by atoms with Crippen LogP contribution < -0.4 is 0 Å². The third-order valence-corrected chi connectivity index (χ3v) is 7.22. The minimum atomic E-state index is 0.405. The number of thiophene rings is 1. The molecule has 3 aromatic carbocycles. The molecule has 2 aromatic heterocycles. The first-order chi connectivity index (χ1) is 14.7. The van der Waals surface area contributed by atoms with Crippen LogP contribution in [0.2, 0.25) is 0 Å². The highest BCUT2D eigenvalue weighted by Gasteiger charge is 2.26. The molecule has 0 spiro atoms. The Bertz CT molecular complexity index is 1350. The number of aromatic nitrogens is 2. The first kappa shape index (κ1) is 17.8. The third-order valence-electron chi connectivity index (χ3n) is 5.99. The monoisotopic (exact) mass is 407 g/mol. The summed E-state index contributed by atoms with van der Waals surface area (Å²) in [5.41, 5.74) is 4.88. The molecule has 3 heterocycles. The van der Waals surface area contributed by atoms with Gasteiger partial charge in [-0.3, -0.25) is 0 Å². The Morgan fingerprint density at radius 2 is 1.77 bits per heavy atom. The Morgan fingerprint density at radius 3 is 2.67 bits per heavy atom. The summed E-state index contributed by atoms with van der Waals surface area (Å²) < 4.78 is 1.36. The number of rotatable bonds is 2. The zero-order chi connectivity index (χ0) is 20.1. The van der Waals surface area contributed by atoms with Crippen LogP contribution in [0.5, 0.6) is 0 Å². The maximum Gasteiger partial charge on any atom is 0.159 e. The predicted octanol–water partition coefficient (Wildman–Crippen LogP) is 6.09. The van der Waals surface area contributed by atoms with E-state index in [-0.39, 0.29) is 0 Å². The van der Waals surface area contributed by atoms with Crippen LogP contribution in [0.25, 0.3) is 32.4 Å². The summed E-state index contributed by atoms with van der Waals surface area (Å²) >= 11 is 1.92. The molecule has 4 heteroatoms. The fourth-order valence-corrected chi connectivity index (χ4v) is 5.69. The van der Waals surface area contributed by atoms with Gasteiger partial charge in [0.15, 0.2) is 5.82 Å². The lowest BCUT2D eigenvalue weighted by molar-refractivity contribution is 0.296. The highest BCUT2D eigenvalue weighted by atomic mass is 32.1. The van der Waals surface area contributed by atoms with Crippen molar-refractivity contribution in [2.75, 3.05) is 13.6 Å². The zero-order valence-electron chi connectivity index (χ0n) is 16.7. The van der Waals surface area contributed by atoms with E-state index in [4.69, 9.17) is 4.98 Å². The molecule has 0 aliphatic carbocycles. The van der Waals surface area contributed by atoms with E-state index in [2.05, 4.69) is 71.5 Å². The lowest BCUT2D eigenvalue weighted by Gasteiger charge is -2.32. The molecule has 0 amide bonds. The largest absolute Gasteiger partial charge is 0.301 e. The van der Waals surface area contributed by atoms with Crippen LogP contribution in [0.4, 0.5) is 0 Å². The van der Waals surface area contributed by atoms with Gasteiger partial charge < -0.3 is 4.90 Å². The van der Waals surface area contributed by atoms with Crippen LogP contribution in [0.3, 0.4) is 0 Å². The Labute approximate surface area is 179 Å². The number of benzene rings is 3. The van der Waals surface area contributed by atoms with E-state index >= 15 is 0 Å². The molecule has 3 nitrogen and oxygen atoms in total. The molecule has 1 aliphatic rings. The van der Waals surface area contributed by atoms with Gasteiger partial charge in [-0.2, -0.15) is 0 Å². The maximum atomic E-state index is 4.80. The molecule has 6 rings (SSSR count). The van der Waals surface area contributed by atoms with Gasteiger partial charge in [0.25, 0.3) is 0 Å². The van der Waals surface area contributed by atoms with Crippen molar-refractivity contribution in [2.45, 2.75) is 12.5 Å². The van der Waals surface area contributed by atoms with Gasteiger partial charge in [-0.15, -0.1) is 11.3 Å². The smallest absolute Gasteiger partial charge is 0.159 e. The molecule has 1 aliphatic heterocycles. The summed E-state index contributed by atoms with van der Waals surface area (Å²) in [4.78, 5) is 13.3. The Hall–Kier alpha value is -3.08. The van der Waals surface area contributed by atoms with Gasteiger partial charge in [0, 0.05) is 45.7 Å². The minimum Gasteiger partial charge on any atom is -0.301 e. The molecule has 1 unspecified atom stereocenters. The van der Waals surface area contributed by atoms with E-state index in [1.807, 2.05) is 35.7 Å². The normalized spacial score (nSPS) is 16.8. The van der Waals surface area contributed by atoms with E-state index in [1.54, 1.807) is 0 Å². The molecule has 0 N–H and O–H groups in total. The summed E-state index contributed by atoms with van der Waals surface area (Å²) in [7, 11) is 2.21. The average Bonchev–Trinajstić information content (AvgIpc) is 3.22. The summed E-state index contributed by atoms with van der Waals surface area (Å²) in [6.45, 7) is 2.00. The predicted molar refractivity (Wildman–Crippen MR) is 125 cm³/mol. The van der Waals surface area contributed by atoms with Gasteiger partial charge in [0.2, 0.25) is 0 Å². The van der Waals surface area contributed by atoms with Crippen molar-refractivity contribution in [1.82, 2.24) is 14.9 Å². The maximum absolute atomic E-state index is 4.80. The number of hydrogen-bond acceptors (Lipinski definition) is 4. The molecule has 0 saturated heterocycles. The standard InChI is InChI=1S/C26H21N3S/c1-29-15-20-12-18(26-27-14-19-7-2-4-8-23(19)28-26)10-11-21(20)22(16-29)25-13-17-6-3-5-9-24(17)30-25/h2-14,22H,15-16H2,1H3. The second-order valence-corrected chi connectivity index (χ2v) is 9.22. The average molecular weight is 408 g/mol. The first-order valence-electron chi connectivity index (χ1n) is 10.3. The van der Waals surface area contributed by atoms with Crippen molar-refractivity contribution in [3.05, 3.63) is 95.0 Å². The lowest BCUT2D eigenvalue weighted by Crippen LogP contribution is -2.30. The first-order valence-corrected chi connectivity index (χ1v) is 11.1. The summed E-state index contributed by atoms with van der Waals surface area (Å²) in [5.74, 6) is 1.20. The SMILES string of the molecule is CN1Cc2cc(-c3ncc4ccccc4n3)ccc2C(c2cc3ccccc3s2)C1. The topological polar surface area (TPSA) is 29.0 Å². The van der Waals surface area contributed by atoms with Crippen LogP contribution in [-0.4, -0.2) is 28.5 Å². The fraction of sp³-hybridized carbons (Fsp3) is 0.154. The van der Waals surface area contributed by atoms with Crippen LogP contribution in [0.15, 0.2) is 79.0 Å². The molecule has 0 fully saturated rings. The van der Waals surface area contributed by atoms with Crippen molar-refractivity contribution in [3.8, 4) is 11.4 Å². The quantitative estimate of drug-likeness (QED) is 0.355. The van der Waals surface area contributed by atoms with E-state index in [9.17, 15) is 0 Å². The van der Waals surface area contributed by atoms with Gasteiger partial charge >= 0.3 is 0 Å². The third kappa shape index (κ3) is 3.00. The van der Waals surface area contributed by atoms with Crippen LogP contribution in [-0.2, 0) is 6.54 Å². The van der Waals surface area contributed by atoms with E-state index in [1.165, 1.54) is 26.1 Å². The highest BCUT2D eigenvalue weighted by molar-refractivity contribution is 7.19. The molecule has 0 radical (unpaired) electrons. The molecule has 30 heavy (non-hydrogen) atoms. The van der Waals surface area contributed by atoms with Crippen LogP contribution in [0, 0.1) is 0 Å². The number of likely N-dealkylation sites (N-methyl/N-ethyl adjacent to an activating group) is 1. The lowest BCUT2D eigenvalue weighted by atomic mass is 9.87. The summed E-state index contributed by atoms with van der Waals surface area (Å²) in [6, 6.07) is 26.0. The van der Waals surface area contributed by atoms with E-state index in [0.29, 0.717) is 5.92 Å². The van der Waals surface area contributed by atoms with E-state index in [0.717, 1.165) is 35.4 Å². The van der Waals surface area contributed by atoms with Crippen molar-refractivity contribution in [3.63, 3.8) is 0 Å². The number of hydrogen-bond donors (Lipinski definition) is 0. The second-order valence-electron chi connectivity index (χ2n) is 8.10. The van der Waals surface area contributed by atoms with Crippen molar-refractivity contribution >= 4 is 32.3 Å². The Balaban J connectivity index is 1.43. The van der Waals surface area contributed by atoms with Crippen molar-refractivity contribution < 1.29 is 0 Å². The Kier molecular flexibility index (Phi) is 4.15. The molecule has 0 bridgehead atoms. The number of fused-ring (bicyclic) bond motifs is 3. The van der Waals surface area contributed by atoms with Gasteiger partial charge in [-0.25, -0.2) is 9.97 Å². The summed E-state index contributed by atoms with van der Waals surface area (Å²) in [5, 5.41) is 2.41. The van der Waals surface area contributed by atoms with Gasteiger partial charge in [0.05, 0.1) is 5.52 Å². The van der Waals surface area contributed by atoms with E-state index < -0.39 is 0 Å². The number of para-hydroxylation sites is 1. The van der Waals surface area contributed by atoms with Gasteiger partial charge in [0.1, 0.15) is 0 Å².